The van der Waals surface area contributed by atoms with Crippen LogP contribution in [-0.4, -0.2) is 62.0 Å². The Morgan fingerprint density at radius 1 is 1.04 bits per heavy atom. The number of methoxy groups -OCH3 is 1. The second-order valence-corrected chi connectivity index (χ2v) is 7.13. The zero-order valence-electron chi connectivity index (χ0n) is 15.3. The molecule has 0 atom stereocenters. The molecule has 0 aromatic heterocycles. The Morgan fingerprint density at radius 3 is 2.36 bits per heavy atom. The zero-order chi connectivity index (χ0) is 18.2. The minimum atomic E-state index is -0.210. The second kappa shape index (κ2) is 6.48. The highest BCUT2D eigenvalue weighted by Crippen LogP contribution is 2.35. The quantitative estimate of drug-likeness (QED) is 0.599. The van der Waals surface area contributed by atoms with Gasteiger partial charge in [-0.2, -0.15) is 0 Å². The minimum absolute atomic E-state index is 0.210. The van der Waals surface area contributed by atoms with Gasteiger partial charge in [0.05, 0.1) is 34.3 Å². The lowest BCUT2D eigenvalue weighted by Crippen LogP contribution is -2.44. The molecule has 3 rings (SSSR count). The van der Waals surface area contributed by atoms with Crippen molar-refractivity contribution >= 4 is 22.6 Å². The van der Waals surface area contributed by atoms with E-state index in [9.17, 15) is 9.59 Å². The van der Waals surface area contributed by atoms with Gasteiger partial charge in [-0.15, -0.1) is 0 Å². The van der Waals surface area contributed by atoms with Gasteiger partial charge in [0.2, 0.25) is 0 Å². The molecule has 0 saturated heterocycles. The van der Waals surface area contributed by atoms with E-state index in [0.29, 0.717) is 28.8 Å². The highest BCUT2D eigenvalue weighted by molar-refractivity contribution is 6.26. The highest BCUT2D eigenvalue weighted by atomic mass is 16.5. The average molecular weight is 341 g/mol. The summed E-state index contributed by atoms with van der Waals surface area (Å²) < 4.78 is 6.25. The van der Waals surface area contributed by atoms with Gasteiger partial charge in [-0.05, 0) is 25.1 Å². The van der Waals surface area contributed by atoms with E-state index >= 15 is 0 Å². The van der Waals surface area contributed by atoms with Crippen molar-refractivity contribution in [3.05, 3.63) is 41.5 Å². The van der Waals surface area contributed by atoms with Crippen molar-refractivity contribution in [3.63, 3.8) is 0 Å². The summed E-state index contributed by atoms with van der Waals surface area (Å²) in [4.78, 5) is 27.2. The van der Waals surface area contributed by atoms with Gasteiger partial charge in [-0.3, -0.25) is 14.5 Å². The maximum absolute atomic E-state index is 12.9. The van der Waals surface area contributed by atoms with Crippen LogP contribution in [0.4, 0.5) is 0 Å². The molecule has 0 spiro atoms. The number of rotatable bonds is 6. The number of hydrogen-bond acceptors (Lipinski definition) is 3. The SMILES string of the molecule is CC[N+](C)(C)CCCN1C(=O)c2cccc3c(OC)ccc(c23)C1=O. The van der Waals surface area contributed by atoms with E-state index in [1.165, 1.54) is 4.90 Å². The topological polar surface area (TPSA) is 46.6 Å². The molecule has 132 valence electrons. The van der Waals surface area contributed by atoms with E-state index in [2.05, 4.69) is 21.0 Å². The highest BCUT2D eigenvalue weighted by Gasteiger charge is 2.33. The van der Waals surface area contributed by atoms with Crippen LogP contribution in [0.25, 0.3) is 10.8 Å². The normalized spacial score (nSPS) is 14.3. The third-order valence-corrected chi connectivity index (χ3v) is 5.17. The molecule has 2 amide bonds. The second-order valence-electron chi connectivity index (χ2n) is 7.13. The molecule has 0 N–H and O–H groups in total. The third kappa shape index (κ3) is 3.00. The van der Waals surface area contributed by atoms with Crippen LogP contribution < -0.4 is 4.74 Å². The zero-order valence-corrected chi connectivity index (χ0v) is 15.3. The van der Waals surface area contributed by atoms with Crippen molar-refractivity contribution in [1.29, 1.82) is 0 Å². The number of quaternary nitrogens is 1. The maximum Gasteiger partial charge on any atom is 0.261 e. The number of benzene rings is 2. The molecule has 0 aliphatic carbocycles. The fourth-order valence-electron chi connectivity index (χ4n) is 3.32. The Labute approximate surface area is 148 Å². The number of ether oxygens (including phenoxy) is 1. The first-order valence-electron chi connectivity index (χ1n) is 8.67. The Morgan fingerprint density at radius 2 is 1.72 bits per heavy atom. The predicted octanol–water partition coefficient (Wildman–Crippen LogP) is 2.93. The first-order chi connectivity index (χ1) is 11.9. The van der Waals surface area contributed by atoms with E-state index in [0.717, 1.165) is 29.4 Å². The standard InChI is InChI=1S/C20H25N2O3/c1-5-22(2,3)13-7-12-21-19(23)15-9-6-8-14-17(25-4)11-10-16(18(14)15)20(21)24/h6,8-11H,5,7,12-13H2,1-4H3/q+1. The molecule has 5 nitrogen and oxygen atoms in total. The number of hydrogen-bond donors (Lipinski definition) is 0. The van der Waals surface area contributed by atoms with E-state index in [1.54, 1.807) is 25.3 Å². The van der Waals surface area contributed by atoms with Crippen LogP contribution in [0.3, 0.4) is 0 Å². The summed E-state index contributed by atoms with van der Waals surface area (Å²) in [6.07, 6.45) is 0.791. The van der Waals surface area contributed by atoms with Crippen LogP contribution >= 0.6 is 0 Å². The van der Waals surface area contributed by atoms with Gasteiger partial charge in [0.1, 0.15) is 5.75 Å². The maximum atomic E-state index is 12.9. The molecule has 1 aliphatic heterocycles. The fourth-order valence-corrected chi connectivity index (χ4v) is 3.32. The van der Waals surface area contributed by atoms with E-state index in [4.69, 9.17) is 4.74 Å². The summed E-state index contributed by atoms with van der Waals surface area (Å²) in [7, 11) is 5.90. The lowest BCUT2D eigenvalue weighted by Gasteiger charge is -2.31. The Hall–Kier alpha value is -2.40. The van der Waals surface area contributed by atoms with Crippen LogP contribution in [0.2, 0.25) is 0 Å². The largest absolute Gasteiger partial charge is 0.496 e. The summed E-state index contributed by atoms with van der Waals surface area (Å²) in [5.74, 6) is 0.257. The monoisotopic (exact) mass is 341 g/mol. The summed E-state index contributed by atoms with van der Waals surface area (Å²) >= 11 is 0. The molecule has 1 heterocycles. The van der Waals surface area contributed by atoms with Gasteiger partial charge >= 0.3 is 0 Å². The van der Waals surface area contributed by atoms with Crippen LogP contribution in [0.1, 0.15) is 34.1 Å². The smallest absolute Gasteiger partial charge is 0.261 e. The van der Waals surface area contributed by atoms with Crippen molar-refractivity contribution in [3.8, 4) is 5.75 Å². The summed E-state index contributed by atoms with van der Waals surface area (Å²) in [6, 6.07) is 9.08. The molecular formula is C20H25N2O3+. The molecule has 25 heavy (non-hydrogen) atoms. The first kappa shape index (κ1) is 17.4. The Bertz CT molecular complexity index is 820. The van der Waals surface area contributed by atoms with Gasteiger partial charge in [-0.25, -0.2) is 0 Å². The van der Waals surface area contributed by atoms with Gasteiger partial charge in [0, 0.05) is 34.9 Å². The Kier molecular flexibility index (Phi) is 4.52. The van der Waals surface area contributed by atoms with Gasteiger partial charge in [-0.1, -0.05) is 12.1 Å². The van der Waals surface area contributed by atoms with Crippen molar-refractivity contribution < 1.29 is 18.8 Å². The lowest BCUT2D eigenvalue weighted by molar-refractivity contribution is -0.888. The van der Waals surface area contributed by atoms with Crippen LogP contribution in [0, 0.1) is 0 Å². The summed E-state index contributed by atoms with van der Waals surface area (Å²) in [5, 5.41) is 1.51. The molecule has 1 aliphatic rings. The van der Waals surface area contributed by atoms with Crippen molar-refractivity contribution in [2.45, 2.75) is 13.3 Å². The molecule has 0 fully saturated rings. The number of carbonyl (C=O) groups is 2. The number of imide groups is 1. The molecule has 2 aromatic carbocycles. The molecule has 2 aromatic rings. The number of carbonyl (C=O) groups excluding carboxylic acids is 2. The molecule has 0 saturated carbocycles. The predicted molar refractivity (Wildman–Crippen MR) is 98.0 cm³/mol. The average Bonchev–Trinajstić information content (AvgIpc) is 2.62. The fraction of sp³-hybridized carbons (Fsp3) is 0.400. The van der Waals surface area contributed by atoms with Crippen molar-refractivity contribution in [1.82, 2.24) is 4.90 Å². The van der Waals surface area contributed by atoms with E-state index in [-0.39, 0.29) is 11.8 Å². The van der Waals surface area contributed by atoms with E-state index < -0.39 is 0 Å². The third-order valence-electron chi connectivity index (χ3n) is 5.17. The molecule has 0 bridgehead atoms. The minimum Gasteiger partial charge on any atom is -0.496 e. The molecule has 0 unspecified atom stereocenters. The van der Waals surface area contributed by atoms with Crippen molar-refractivity contribution in [2.75, 3.05) is 40.8 Å². The van der Waals surface area contributed by atoms with Crippen LogP contribution in [0.15, 0.2) is 30.3 Å². The van der Waals surface area contributed by atoms with Gasteiger partial charge in [0.15, 0.2) is 0 Å². The van der Waals surface area contributed by atoms with Crippen LogP contribution in [-0.2, 0) is 0 Å². The van der Waals surface area contributed by atoms with E-state index in [1.807, 2.05) is 12.1 Å². The molecule has 5 heteroatoms. The Balaban J connectivity index is 1.94. The lowest BCUT2D eigenvalue weighted by atomic mass is 9.93. The summed E-state index contributed by atoms with van der Waals surface area (Å²) in [5.41, 5.74) is 1.16. The first-order valence-corrected chi connectivity index (χ1v) is 8.67. The number of nitrogens with zero attached hydrogens (tertiary/aromatic N) is 2. The van der Waals surface area contributed by atoms with Gasteiger partial charge < -0.3 is 9.22 Å². The molecule has 0 radical (unpaired) electrons. The molecular weight excluding hydrogens is 316 g/mol. The van der Waals surface area contributed by atoms with Crippen LogP contribution in [0.5, 0.6) is 5.75 Å². The van der Waals surface area contributed by atoms with Crippen molar-refractivity contribution in [2.24, 2.45) is 0 Å². The van der Waals surface area contributed by atoms with Gasteiger partial charge in [0.25, 0.3) is 11.8 Å². The summed E-state index contributed by atoms with van der Waals surface area (Å²) in [6.45, 7) is 4.53. The number of amides is 2.